The Morgan fingerprint density at radius 2 is 1.69 bits per heavy atom. The van der Waals surface area contributed by atoms with Crippen molar-refractivity contribution >= 4 is 12.8 Å². The van der Waals surface area contributed by atoms with Crippen molar-refractivity contribution in [2.75, 3.05) is 0 Å². The van der Waals surface area contributed by atoms with Gasteiger partial charge in [-0.05, 0) is 45.7 Å². The lowest BCUT2D eigenvalue weighted by molar-refractivity contribution is 0.00578. The second-order valence-corrected chi connectivity index (χ2v) is 4.93. The first-order chi connectivity index (χ1) is 7.36. The molecule has 1 saturated heterocycles. The van der Waals surface area contributed by atoms with Crippen molar-refractivity contribution in [2.24, 2.45) is 0 Å². The summed E-state index contributed by atoms with van der Waals surface area (Å²) >= 11 is 0. The highest BCUT2D eigenvalue weighted by molar-refractivity contribution is 6.60. The summed E-state index contributed by atoms with van der Waals surface area (Å²) in [6.45, 7) is 7.99. The average Bonchev–Trinajstić information content (AvgIpc) is 2.70. The molecule has 16 heavy (non-hydrogen) atoms. The van der Waals surface area contributed by atoms with Crippen molar-refractivity contribution in [1.29, 1.82) is 0 Å². The predicted octanol–water partition coefficient (Wildman–Crippen LogP) is 1.56. The predicted molar refractivity (Wildman–Crippen MR) is 62.4 cm³/mol. The second kappa shape index (κ2) is 3.41. The van der Waals surface area contributed by atoms with E-state index in [1.54, 1.807) is 12.1 Å². The Hall–Kier alpha value is -1.18. The molecule has 0 unspecified atom stereocenters. The highest BCUT2D eigenvalue weighted by Crippen LogP contribution is 2.36. The van der Waals surface area contributed by atoms with Crippen LogP contribution < -0.4 is 5.66 Å². The van der Waals surface area contributed by atoms with E-state index in [1.165, 1.54) is 0 Å². The highest BCUT2D eigenvalue weighted by atomic mass is 16.7. The third-order valence-electron chi connectivity index (χ3n) is 3.25. The van der Waals surface area contributed by atoms with Gasteiger partial charge in [-0.1, -0.05) is 0 Å². The van der Waals surface area contributed by atoms with Crippen LogP contribution in [0.5, 0.6) is 0 Å². The van der Waals surface area contributed by atoms with Gasteiger partial charge in [0, 0.05) is 0 Å². The van der Waals surface area contributed by atoms with Gasteiger partial charge in [-0.15, -0.1) is 6.42 Å². The minimum absolute atomic E-state index is 0.360. The third kappa shape index (κ3) is 1.66. The van der Waals surface area contributed by atoms with Crippen molar-refractivity contribution in [2.45, 2.75) is 38.9 Å². The van der Waals surface area contributed by atoms with Crippen molar-refractivity contribution < 1.29 is 13.7 Å². The normalized spacial score (nSPS) is 22.1. The summed E-state index contributed by atoms with van der Waals surface area (Å²) in [4.78, 5) is 0. The van der Waals surface area contributed by atoms with Gasteiger partial charge in [-0.3, -0.25) is 0 Å². The smallest absolute Gasteiger partial charge is 0.456 e. The van der Waals surface area contributed by atoms with Gasteiger partial charge in [0.15, 0.2) is 5.76 Å². The van der Waals surface area contributed by atoms with Crippen molar-refractivity contribution in [1.82, 2.24) is 0 Å². The van der Waals surface area contributed by atoms with Gasteiger partial charge in [0.05, 0.1) is 11.2 Å². The van der Waals surface area contributed by atoms with E-state index >= 15 is 0 Å². The van der Waals surface area contributed by atoms with Crippen LogP contribution in [0.2, 0.25) is 0 Å². The van der Waals surface area contributed by atoms with Crippen molar-refractivity contribution in [3.05, 3.63) is 17.9 Å². The fourth-order valence-electron chi connectivity index (χ4n) is 1.52. The molecule has 0 saturated carbocycles. The van der Waals surface area contributed by atoms with Gasteiger partial charge in [0.2, 0.25) is 0 Å². The SMILES string of the molecule is C#Cc1ccc(B2OC(C)(C)C(C)(C)O2)o1. The van der Waals surface area contributed by atoms with Crippen LogP contribution in [0.3, 0.4) is 0 Å². The van der Waals surface area contributed by atoms with Gasteiger partial charge in [0.1, 0.15) is 5.66 Å². The summed E-state index contributed by atoms with van der Waals surface area (Å²) in [6, 6.07) is 3.53. The molecule has 1 aliphatic rings. The molecule has 4 heteroatoms. The van der Waals surface area contributed by atoms with Gasteiger partial charge in [0.25, 0.3) is 0 Å². The number of rotatable bonds is 1. The highest BCUT2D eigenvalue weighted by Gasteiger charge is 2.53. The van der Waals surface area contributed by atoms with E-state index in [0.717, 1.165) is 0 Å². The van der Waals surface area contributed by atoms with Crippen LogP contribution >= 0.6 is 0 Å². The lowest BCUT2D eigenvalue weighted by Gasteiger charge is -2.32. The molecule has 0 radical (unpaired) electrons. The van der Waals surface area contributed by atoms with Crippen LogP contribution in [0, 0.1) is 12.3 Å². The Kier molecular flexibility index (Phi) is 2.41. The first-order valence-corrected chi connectivity index (χ1v) is 5.28. The first-order valence-electron chi connectivity index (χ1n) is 5.28. The molecule has 0 atom stereocenters. The van der Waals surface area contributed by atoms with Gasteiger partial charge in [-0.2, -0.15) is 0 Å². The molecule has 0 aliphatic carbocycles. The topological polar surface area (TPSA) is 31.6 Å². The van der Waals surface area contributed by atoms with Crippen molar-refractivity contribution in [3.8, 4) is 12.3 Å². The molecule has 0 spiro atoms. The number of furan rings is 1. The Balaban J connectivity index is 2.24. The standard InChI is InChI=1S/C12H15BO3/c1-6-9-7-8-10(14-9)13-15-11(2,3)12(4,5)16-13/h1,7-8H,2-5H3. The summed E-state index contributed by atoms with van der Waals surface area (Å²) in [5.74, 6) is 2.92. The van der Waals surface area contributed by atoms with Crippen LogP contribution in [0.15, 0.2) is 16.5 Å². The van der Waals surface area contributed by atoms with E-state index < -0.39 is 7.12 Å². The van der Waals surface area contributed by atoms with E-state index in [-0.39, 0.29) is 11.2 Å². The molecular weight excluding hydrogens is 203 g/mol. The van der Waals surface area contributed by atoms with Crippen LogP contribution in [0.1, 0.15) is 33.5 Å². The number of hydrogen-bond acceptors (Lipinski definition) is 3. The molecule has 1 aromatic rings. The Labute approximate surface area is 96.3 Å². The zero-order chi connectivity index (χ0) is 12.0. The maximum atomic E-state index is 5.82. The summed E-state index contributed by atoms with van der Waals surface area (Å²) in [5, 5.41) is 0. The van der Waals surface area contributed by atoms with Gasteiger partial charge < -0.3 is 13.7 Å². The molecule has 1 fully saturated rings. The molecule has 3 nitrogen and oxygen atoms in total. The Bertz CT molecular complexity index is 423. The molecule has 1 aromatic heterocycles. The molecule has 84 valence electrons. The maximum Gasteiger partial charge on any atom is 0.532 e. The van der Waals surface area contributed by atoms with Crippen LogP contribution in [0.25, 0.3) is 0 Å². The molecule has 0 bridgehead atoms. The molecule has 0 aromatic carbocycles. The fraction of sp³-hybridized carbons (Fsp3) is 0.500. The van der Waals surface area contributed by atoms with E-state index in [1.807, 2.05) is 27.7 Å². The molecular formula is C12H15BO3. The average molecular weight is 218 g/mol. The molecule has 2 heterocycles. The fourth-order valence-corrected chi connectivity index (χ4v) is 1.52. The Morgan fingerprint density at radius 3 is 2.12 bits per heavy atom. The summed E-state index contributed by atoms with van der Waals surface area (Å²) in [6.07, 6.45) is 5.24. The molecule has 0 amide bonds. The van der Waals surface area contributed by atoms with Crippen LogP contribution in [-0.4, -0.2) is 18.3 Å². The lowest BCUT2D eigenvalue weighted by atomic mass is 9.86. The van der Waals surface area contributed by atoms with E-state index in [9.17, 15) is 0 Å². The van der Waals surface area contributed by atoms with E-state index in [0.29, 0.717) is 11.4 Å². The summed E-state index contributed by atoms with van der Waals surface area (Å²) in [5.41, 5.74) is -0.103. The van der Waals surface area contributed by atoms with Gasteiger partial charge >= 0.3 is 7.12 Å². The third-order valence-corrected chi connectivity index (χ3v) is 3.25. The van der Waals surface area contributed by atoms with Crippen LogP contribution in [0.4, 0.5) is 0 Å². The van der Waals surface area contributed by atoms with Crippen LogP contribution in [-0.2, 0) is 9.31 Å². The monoisotopic (exact) mass is 218 g/mol. The molecule has 0 N–H and O–H groups in total. The van der Waals surface area contributed by atoms with Gasteiger partial charge in [-0.25, -0.2) is 0 Å². The van der Waals surface area contributed by atoms with Crippen molar-refractivity contribution in [3.63, 3.8) is 0 Å². The minimum atomic E-state index is -0.480. The lowest BCUT2D eigenvalue weighted by Crippen LogP contribution is -2.41. The summed E-state index contributed by atoms with van der Waals surface area (Å²) < 4.78 is 17.1. The number of hydrogen-bond donors (Lipinski definition) is 0. The largest absolute Gasteiger partial charge is 0.532 e. The summed E-state index contributed by atoms with van der Waals surface area (Å²) in [7, 11) is -0.480. The Morgan fingerprint density at radius 1 is 1.12 bits per heavy atom. The molecule has 2 rings (SSSR count). The zero-order valence-corrected chi connectivity index (χ0v) is 10.0. The van der Waals surface area contributed by atoms with E-state index in [2.05, 4.69) is 5.92 Å². The quantitative estimate of drug-likeness (QED) is 0.529. The maximum absolute atomic E-state index is 5.82. The number of terminal acetylenes is 1. The molecule has 1 aliphatic heterocycles. The second-order valence-electron chi connectivity index (χ2n) is 4.93. The zero-order valence-electron chi connectivity index (χ0n) is 10.0. The minimum Gasteiger partial charge on any atom is -0.456 e. The first kappa shape index (κ1) is 11.3. The van der Waals surface area contributed by atoms with E-state index in [4.69, 9.17) is 20.1 Å².